The van der Waals surface area contributed by atoms with Gasteiger partial charge in [0.05, 0.1) is 0 Å². The monoisotopic (exact) mass is 289 g/mol. The molecular weight excluding hydrogens is 258 g/mol. The molecule has 0 bridgehead atoms. The van der Waals surface area contributed by atoms with Crippen LogP contribution < -0.4 is 10.2 Å². The molecule has 3 nitrogen and oxygen atoms in total. The van der Waals surface area contributed by atoms with E-state index in [4.69, 9.17) is 4.98 Å². The maximum absolute atomic E-state index is 4.95. The lowest BCUT2D eigenvalue weighted by Gasteiger charge is -2.38. The van der Waals surface area contributed by atoms with Crippen molar-refractivity contribution in [3.05, 3.63) is 23.4 Å². The molecule has 1 aromatic rings. The van der Waals surface area contributed by atoms with Gasteiger partial charge in [0.1, 0.15) is 5.82 Å². The molecule has 2 rings (SSSR count). The van der Waals surface area contributed by atoms with Gasteiger partial charge in [-0.05, 0) is 55.8 Å². The fourth-order valence-electron chi connectivity index (χ4n) is 3.02. The van der Waals surface area contributed by atoms with E-state index in [1.165, 1.54) is 29.9 Å². The lowest BCUT2D eigenvalue weighted by molar-refractivity contribution is 0.387. The fourth-order valence-corrected chi connectivity index (χ4v) is 3.02. The number of piperidine rings is 1. The van der Waals surface area contributed by atoms with Crippen molar-refractivity contribution in [1.82, 2.24) is 10.3 Å². The molecule has 118 valence electrons. The third-order valence-corrected chi connectivity index (χ3v) is 4.47. The lowest BCUT2D eigenvalue weighted by atomic mass is 9.95. The Morgan fingerprint density at radius 3 is 2.71 bits per heavy atom. The van der Waals surface area contributed by atoms with Crippen LogP contribution in [-0.4, -0.2) is 24.1 Å². The standard InChI is InChI=1S/C18H31N3/c1-6-19-11-16-9-17(13(2)3)20-18(10-16)21-12-14(4)7-8-15(21)5/h9-10,13-15,19H,6-8,11-12H2,1-5H3. The minimum atomic E-state index is 0.475. The summed E-state index contributed by atoms with van der Waals surface area (Å²) in [5, 5.41) is 3.43. The first-order chi connectivity index (χ1) is 10.0. The highest BCUT2D eigenvalue weighted by molar-refractivity contribution is 5.45. The molecule has 0 aromatic carbocycles. The van der Waals surface area contributed by atoms with Crippen LogP contribution in [-0.2, 0) is 6.54 Å². The first kappa shape index (κ1) is 16.3. The third kappa shape index (κ3) is 4.19. The number of hydrogen-bond donors (Lipinski definition) is 1. The smallest absolute Gasteiger partial charge is 0.129 e. The van der Waals surface area contributed by atoms with Gasteiger partial charge in [0, 0.05) is 24.8 Å². The van der Waals surface area contributed by atoms with Crippen molar-refractivity contribution in [3.8, 4) is 0 Å². The highest BCUT2D eigenvalue weighted by Crippen LogP contribution is 2.28. The molecule has 0 spiro atoms. The summed E-state index contributed by atoms with van der Waals surface area (Å²) >= 11 is 0. The SMILES string of the molecule is CCNCc1cc(C(C)C)nc(N2CC(C)CCC2C)c1. The number of nitrogens with one attached hydrogen (secondary N) is 1. The van der Waals surface area contributed by atoms with Gasteiger partial charge in [0.15, 0.2) is 0 Å². The number of anilines is 1. The summed E-state index contributed by atoms with van der Waals surface area (Å²) in [5.41, 5.74) is 2.57. The van der Waals surface area contributed by atoms with Crippen LogP contribution in [0.15, 0.2) is 12.1 Å². The van der Waals surface area contributed by atoms with Crippen LogP contribution in [0.2, 0.25) is 0 Å². The Bertz CT molecular complexity index is 456. The highest BCUT2D eigenvalue weighted by Gasteiger charge is 2.24. The van der Waals surface area contributed by atoms with E-state index >= 15 is 0 Å². The van der Waals surface area contributed by atoms with E-state index in [2.05, 4.69) is 57.0 Å². The number of hydrogen-bond acceptors (Lipinski definition) is 3. The molecule has 1 aliphatic heterocycles. The lowest BCUT2D eigenvalue weighted by Crippen LogP contribution is -2.41. The zero-order chi connectivity index (χ0) is 15.4. The second kappa shape index (κ2) is 7.26. The molecule has 1 aliphatic rings. The van der Waals surface area contributed by atoms with Gasteiger partial charge < -0.3 is 10.2 Å². The predicted octanol–water partition coefficient (Wildman–Crippen LogP) is 3.94. The average molecular weight is 289 g/mol. The maximum atomic E-state index is 4.95. The largest absolute Gasteiger partial charge is 0.354 e. The molecule has 21 heavy (non-hydrogen) atoms. The molecule has 2 atom stereocenters. The molecule has 0 aliphatic carbocycles. The van der Waals surface area contributed by atoms with Crippen LogP contribution >= 0.6 is 0 Å². The summed E-state index contributed by atoms with van der Waals surface area (Å²) in [6, 6.07) is 5.14. The first-order valence-corrected chi connectivity index (χ1v) is 8.49. The van der Waals surface area contributed by atoms with Crippen LogP contribution in [0.1, 0.15) is 64.6 Å². The Balaban J connectivity index is 2.29. The minimum absolute atomic E-state index is 0.475. The van der Waals surface area contributed by atoms with Crippen LogP contribution in [0, 0.1) is 5.92 Å². The van der Waals surface area contributed by atoms with E-state index in [0.29, 0.717) is 12.0 Å². The van der Waals surface area contributed by atoms with Gasteiger partial charge in [-0.3, -0.25) is 0 Å². The predicted molar refractivity (Wildman–Crippen MR) is 90.9 cm³/mol. The number of rotatable bonds is 5. The maximum Gasteiger partial charge on any atom is 0.129 e. The molecule has 0 radical (unpaired) electrons. The van der Waals surface area contributed by atoms with Crippen molar-refractivity contribution in [2.45, 2.75) is 66.0 Å². The Morgan fingerprint density at radius 2 is 2.05 bits per heavy atom. The quantitative estimate of drug-likeness (QED) is 0.890. The minimum Gasteiger partial charge on any atom is -0.354 e. The molecular formula is C18H31N3. The number of pyridine rings is 1. The summed E-state index contributed by atoms with van der Waals surface area (Å²) in [6.07, 6.45) is 2.61. The summed E-state index contributed by atoms with van der Waals surface area (Å²) < 4.78 is 0. The molecule has 1 N–H and O–H groups in total. The van der Waals surface area contributed by atoms with E-state index in [-0.39, 0.29) is 0 Å². The number of aromatic nitrogens is 1. The molecule has 2 unspecified atom stereocenters. The Morgan fingerprint density at radius 1 is 1.29 bits per heavy atom. The van der Waals surface area contributed by atoms with Gasteiger partial charge in [0.2, 0.25) is 0 Å². The molecule has 1 saturated heterocycles. The van der Waals surface area contributed by atoms with Gasteiger partial charge in [-0.15, -0.1) is 0 Å². The second-order valence-electron chi connectivity index (χ2n) is 6.88. The first-order valence-electron chi connectivity index (χ1n) is 8.49. The van der Waals surface area contributed by atoms with Crippen LogP contribution in [0.3, 0.4) is 0 Å². The van der Waals surface area contributed by atoms with Gasteiger partial charge in [-0.25, -0.2) is 4.98 Å². The van der Waals surface area contributed by atoms with Gasteiger partial charge in [-0.2, -0.15) is 0 Å². The zero-order valence-corrected chi connectivity index (χ0v) is 14.3. The molecule has 1 fully saturated rings. The van der Waals surface area contributed by atoms with Gasteiger partial charge in [-0.1, -0.05) is 27.7 Å². The summed E-state index contributed by atoms with van der Waals surface area (Å²) in [5.74, 6) is 2.42. The normalized spacial score (nSPS) is 22.9. The Kier molecular flexibility index (Phi) is 5.63. The van der Waals surface area contributed by atoms with Crippen molar-refractivity contribution in [3.63, 3.8) is 0 Å². The fraction of sp³-hybridized carbons (Fsp3) is 0.722. The van der Waals surface area contributed by atoms with Crippen molar-refractivity contribution in [2.24, 2.45) is 5.92 Å². The van der Waals surface area contributed by atoms with Crippen molar-refractivity contribution >= 4 is 5.82 Å². The topological polar surface area (TPSA) is 28.2 Å². The molecule has 1 aromatic heterocycles. The van der Waals surface area contributed by atoms with Crippen molar-refractivity contribution in [2.75, 3.05) is 18.0 Å². The van der Waals surface area contributed by atoms with Crippen LogP contribution in [0.4, 0.5) is 5.82 Å². The van der Waals surface area contributed by atoms with E-state index in [9.17, 15) is 0 Å². The van der Waals surface area contributed by atoms with Gasteiger partial charge >= 0.3 is 0 Å². The highest BCUT2D eigenvalue weighted by atomic mass is 15.2. The van der Waals surface area contributed by atoms with Gasteiger partial charge in [0.25, 0.3) is 0 Å². The average Bonchev–Trinajstić information content (AvgIpc) is 2.47. The summed E-state index contributed by atoms with van der Waals surface area (Å²) in [6.45, 7) is 14.4. The van der Waals surface area contributed by atoms with E-state index in [0.717, 1.165) is 25.6 Å². The second-order valence-corrected chi connectivity index (χ2v) is 6.88. The summed E-state index contributed by atoms with van der Waals surface area (Å²) in [4.78, 5) is 7.46. The Hall–Kier alpha value is -1.09. The van der Waals surface area contributed by atoms with Crippen LogP contribution in [0.5, 0.6) is 0 Å². The van der Waals surface area contributed by atoms with E-state index in [1.807, 2.05) is 0 Å². The zero-order valence-electron chi connectivity index (χ0n) is 14.3. The van der Waals surface area contributed by atoms with E-state index < -0.39 is 0 Å². The van der Waals surface area contributed by atoms with E-state index in [1.54, 1.807) is 0 Å². The van der Waals surface area contributed by atoms with Crippen LogP contribution in [0.25, 0.3) is 0 Å². The molecule has 3 heteroatoms. The third-order valence-electron chi connectivity index (χ3n) is 4.47. The van der Waals surface area contributed by atoms with Crippen molar-refractivity contribution in [1.29, 1.82) is 0 Å². The molecule has 2 heterocycles. The Labute approximate surface area is 130 Å². The number of nitrogens with zero attached hydrogens (tertiary/aromatic N) is 2. The van der Waals surface area contributed by atoms with Crippen molar-refractivity contribution < 1.29 is 0 Å². The molecule has 0 saturated carbocycles. The summed E-state index contributed by atoms with van der Waals surface area (Å²) in [7, 11) is 0. The molecule has 0 amide bonds.